The van der Waals surface area contributed by atoms with E-state index in [0.29, 0.717) is 0 Å². The molecule has 0 atom stereocenters. The molecular weight excluding hydrogens is 729 g/mol. The average molecular weight is 767 g/mol. The summed E-state index contributed by atoms with van der Waals surface area (Å²) in [5, 5.41) is 7.21. The Labute approximate surface area is 347 Å². The maximum Gasteiger partial charge on any atom is 0.137 e. The van der Waals surface area contributed by atoms with Crippen molar-refractivity contribution in [2.24, 2.45) is 0 Å². The third-order valence-corrected chi connectivity index (χ3v) is 13.3. The monoisotopic (exact) mass is 766 g/mol. The number of furan rings is 1. The minimum absolute atomic E-state index is 0.110. The van der Waals surface area contributed by atoms with Gasteiger partial charge in [0.05, 0.1) is 22.1 Å². The van der Waals surface area contributed by atoms with Crippen molar-refractivity contribution in [1.29, 1.82) is 0 Å². The lowest BCUT2D eigenvalue weighted by Crippen LogP contribution is -2.14. The van der Waals surface area contributed by atoms with E-state index in [1.54, 1.807) is 0 Å². The van der Waals surface area contributed by atoms with Gasteiger partial charge in [-0.1, -0.05) is 129 Å². The van der Waals surface area contributed by atoms with Gasteiger partial charge in [0.1, 0.15) is 11.2 Å². The van der Waals surface area contributed by atoms with E-state index in [2.05, 4.69) is 211 Å². The number of benzene rings is 9. The molecule has 282 valence electrons. The van der Waals surface area contributed by atoms with Crippen LogP contribution in [0.15, 0.2) is 199 Å². The van der Waals surface area contributed by atoms with Crippen LogP contribution in [0.3, 0.4) is 0 Å². The van der Waals surface area contributed by atoms with Gasteiger partial charge in [-0.25, -0.2) is 0 Å². The van der Waals surface area contributed by atoms with Gasteiger partial charge in [0.2, 0.25) is 0 Å². The Bertz CT molecular complexity index is 3730. The SMILES string of the molecule is CC1(C)c2ccccc2-c2cc3c4cc(-c5ccc6c(c5)c5cc7c(cc5n6-c5ccccc5)oc5ccccc57)ccc4n(-c4cccc(-c5ccccc5)c4)c3cc21. The predicted octanol–water partition coefficient (Wildman–Crippen LogP) is 15.4. The molecule has 1 aliphatic rings. The van der Waals surface area contributed by atoms with Crippen LogP contribution in [0.1, 0.15) is 25.0 Å². The van der Waals surface area contributed by atoms with Gasteiger partial charge >= 0.3 is 0 Å². The van der Waals surface area contributed by atoms with Crippen LogP contribution in [0, 0.1) is 0 Å². The summed E-state index contributed by atoms with van der Waals surface area (Å²) in [4.78, 5) is 0. The zero-order valence-corrected chi connectivity index (χ0v) is 33.3. The van der Waals surface area contributed by atoms with Crippen LogP contribution in [0.25, 0.3) is 110 Å². The van der Waals surface area contributed by atoms with Crippen LogP contribution in [-0.2, 0) is 5.41 Å². The molecule has 0 fully saturated rings. The summed E-state index contributed by atoms with van der Waals surface area (Å²) in [6, 6.07) is 71.2. The lowest BCUT2D eigenvalue weighted by atomic mass is 9.82. The minimum atomic E-state index is -0.110. The van der Waals surface area contributed by atoms with E-state index in [-0.39, 0.29) is 5.41 Å². The number of hydrogen-bond donors (Lipinski definition) is 0. The van der Waals surface area contributed by atoms with Gasteiger partial charge < -0.3 is 13.6 Å². The molecule has 0 radical (unpaired) electrons. The fourth-order valence-corrected chi connectivity index (χ4v) is 10.4. The number of para-hydroxylation sites is 2. The van der Waals surface area contributed by atoms with Crippen LogP contribution in [-0.4, -0.2) is 9.13 Å². The van der Waals surface area contributed by atoms with Crippen LogP contribution < -0.4 is 0 Å². The molecular formula is C57H38N2O. The van der Waals surface area contributed by atoms with E-state index in [4.69, 9.17) is 4.42 Å². The molecule has 0 unspecified atom stereocenters. The van der Waals surface area contributed by atoms with Crippen LogP contribution in [0.2, 0.25) is 0 Å². The molecule has 0 amide bonds. The first kappa shape index (κ1) is 33.4. The molecule has 9 aromatic carbocycles. The maximum atomic E-state index is 6.42. The number of rotatable bonds is 4. The van der Waals surface area contributed by atoms with E-state index >= 15 is 0 Å². The van der Waals surface area contributed by atoms with Crippen LogP contribution in [0.5, 0.6) is 0 Å². The summed E-state index contributed by atoms with van der Waals surface area (Å²) in [6.07, 6.45) is 0. The molecule has 1 aliphatic carbocycles. The first-order chi connectivity index (χ1) is 29.5. The second kappa shape index (κ2) is 12.2. The molecule has 0 bridgehead atoms. The third kappa shape index (κ3) is 4.66. The summed E-state index contributed by atoms with van der Waals surface area (Å²) < 4.78 is 11.3. The Hall–Kier alpha value is -7.62. The molecule has 3 heterocycles. The molecule has 60 heavy (non-hydrogen) atoms. The van der Waals surface area contributed by atoms with Gasteiger partial charge in [0, 0.05) is 55.2 Å². The summed E-state index contributed by atoms with van der Waals surface area (Å²) in [5.41, 5.74) is 18.9. The molecule has 0 N–H and O–H groups in total. The summed E-state index contributed by atoms with van der Waals surface area (Å²) in [7, 11) is 0. The van der Waals surface area contributed by atoms with Gasteiger partial charge in [-0.2, -0.15) is 0 Å². The van der Waals surface area contributed by atoms with Crippen molar-refractivity contribution < 1.29 is 4.42 Å². The number of nitrogens with zero attached hydrogens (tertiary/aromatic N) is 2. The fourth-order valence-electron chi connectivity index (χ4n) is 10.4. The van der Waals surface area contributed by atoms with Gasteiger partial charge in [-0.15, -0.1) is 0 Å². The Morgan fingerprint density at radius 1 is 0.333 bits per heavy atom. The molecule has 0 spiro atoms. The van der Waals surface area contributed by atoms with Crippen molar-refractivity contribution in [2.75, 3.05) is 0 Å². The van der Waals surface area contributed by atoms with Crippen molar-refractivity contribution in [1.82, 2.24) is 9.13 Å². The maximum absolute atomic E-state index is 6.42. The zero-order chi connectivity index (χ0) is 39.7. The van der Waals surface area contributed by atoms with E-state index in [0.717, 1.165) is 38.8 Å². The number of fused-ring (bicyclic) bond motifs is 12. The zero-order valence-electron chi connectivity index (χ0n) is 33.3. The lowest BCUT2D eigenvalue weighted by molar-refractivity contribution is 0.661. The van der Waals surface area contributed by atoms with Gasteiger partial charge in [0.25, 0.3) is 0 Å². The second-order valence-corrected chi connectivity index (χ2v) is 16.9. The number of hydrogen-bond acceptors (Lipinski definition) is 1. The normalized spacial score (nSPS) is 13.3. The largest absolute Gasteiger partial charge is 0.456 e. The molecule has 0 aliphatic heterocycles. The predicted molar refractivity (Wildman–Crippen MR) is 251 cm³/mol. The molecule has 3 nitrogen and oxygen atoms in total. The molecule has 3 aromatic heterocycles. The highest BCUT2D eigenvalue weighted by Gasteiger charge is 2.36. The quantitative estimate of drug-likeness (QED) is 0.175. The second-order valence-electron chi connectivity index (χ2n) is 16.9. The summed E-state index contributed by atoms with van der Waals surface area (Å²) in [6.45, 7) is 4.74. The third-order valence-electron chi connectivity index (χ3n) is 13.3. The van der Waals surface area contributed by atoms with Crippen molar-refractivity contribution >= 4 is 65.6 Å². The van der Waals surface area contributed by atoms with Crippen molar-refractivity contribution in [3.8, 4) is 44.8 Å². The topological polar surface area (TPSA) is 23.0 Å². The summed E-state index contributed by atoms with van der Waals surface area (Å²) in [5.74, 6) is 0. The van der Waals surface area contributed by atoms with E-state index < -0.39 is 0 Å². The lowest BCUT2D eigenvalue weighted by Gasteiger charge is -2.21. The van der Waals surface area contributed by atoms with E-state index in [1.165, 1.54) is 82.6 Å². The molecule has 0 saturated heterocycles. The highest BCUT2D eigenvalue weighted by Crippen LogP contribution is 2.51. The van der Waals surface area contributed by atoms with Crippen molar-refractivity contribution in [3.63, 3.8) is 0 Å². The van der Waals surface area contributed by atoms with Crippen molar-refractivity contribution in [3.05, 3.63) is 205 Å². The Morgan fingerprint density at radius 2 is 0.917 bits per heavy atom. The van der Waals surface area contributed by atoms with Gasteiger partial charge in [-0.05, 0) is 117 Å². The number of aromatic nitrogens is 2. The highest BCUT2D eigenvalue weighted by atomic mass is 16.3. The van der Waals surface area contributed by atoms with Crippen LogP contribution >= 0.6 is 0 Å². The Kier molecular flexibility index (Phi) is 6.78. The first-order valence-electron chi connectivity index (χ1n) is 20.8. The first-order valence-corrected chi connectivity index (χ1v) is 20.8. The molecule has 3 heteroatoms. The van der Waals surface area contributed by atoms with E-state index in [9.17, 15) is 0 Å². The minimum Gasteiger partial charge on any atom is -0.456 e. The van der Waals surface area contributed by atoms with Gasteiger partial charge in [0.15, 0.2) is 0 Å². The summed E-state index contributed by atoms with van der Waals surface area (Å²) >= 11 is 0. The molecule has 13 rings (SSSR count). The van der Waals surface area contributed by atoms with Gasteiger partial charge in [-0.3, -0.25) is 0 Å². The molecule has 12 aromatic rings. The molecule has 0 saturated carbocycles. The Morgan fingerprint density at radius 3 is 1.70 bits per heavy atom. The standard InChI is InChI=1S/C57H38N2O/c1-57(2)49-22-11-9-20-41(49)43-31-46-44-29-38(25-27-52(44)59(53(46)33-50(43)57)40-19-13-16-36(28-40)35-14-5-3-6-15-35)37-24-26-51-45(30-37)47-32-48-42-21-10-12-23-55(42)60-56(48)34-54(47)58(51)39-17-7-4-8-18-39/h3-34H,1-2H3. The smallest absolute Gasteiger partial charge is 0.137 e. The van der Waals surface area contributed by atoms with Crippen LogP contribution in [0.4, 0.5) is 0 Å². The van der Waals surface area contributed by atoms with E-state index in [1.807, 2.05) is 6.07 Å². The fraction of sp³-hybridized carbons (Fsp3) is 0.0526. The van der Waals surface area contributed by atoms with Crippen molar-refractivity contribution in [2.45, 2.75) is 19.3 Å². The Balaban J connectivity index is 1.06. The average Bonchev–Trinajstić information content (AvgIpc) is 3.99. The highest BCUT2D eigenvalue weighted by molar-refractivity contribution is 6.18.